The predicted octanol–water partition coefficient (Wildman–Crippen LogP) is 3.77. The Labute approximate surface area is 182 Å². The number of aryl methyl sites for hydroxylation is 2. The van der Waals surface area contributed by atoms with Crippen LogP contribution in [0.3, 0.4) is 0 Å². The van der Waals surface area contributed by atoms with Crippen molar-refractivity contribution in [3.05, 3.63) is 39.8 Å². The quantitative estimate of drug-likeness (QED) is 0.236. The summed E-state index contributed by atoms with van der Waals surface area (Å²) in [7, 11) is 3.44. The minimum Gasteiger partial charge on any atom is -0.493 e. The van der Waals surface area contributed by atoms with Gasteiger partial charge in [-0.25, -0.2) is 4.98 Å². The van der Waals surface area contributed by atoms with Crippen LogP contribution in [0.2, 0.25) is 0 Å². The fraction of sp³-hybridized carbons (Fsp3) is 0.474. The molecule has 1 heterocycles. The van der Waals surface area contributed by atoms with Gasteiger partial charge in [-0.3, -0.25) is 4.99 Å². The molecule has 2 N–H and O–H groups in total. The highest BCUT2D eigenvalue weighted by Gasteiger charge is 2.06. The molecular weight excluding hydrogens is 475 g/mol. The minimum absolute atomic E-state index is 0. The zero-order chi connectivity index (χ0) is 18.8. The molecule has 0 spiro atoms. The molecule has 0 fully saturated rings. The van der Waals surface area contributed by atoms with Crippen LogP contribution in [0.15, 0.2) is 29.4 Å². The normalized spacial score (nSPS) is 10.9. The molecule has 0 atom stereocenters. The van der Waals surface area contributed by atoms with Gasteiger partial charge in [0.2, 0.25) is 0 Å². The molecule has 0 saturated heterocycles. The number of hydrogen-bond acceptors (Lipinski definition) is 5. The molecule has 0 unspecified atom stereocenters. The first kappa shape index (κ1) is 23.5. The van der Waals surface area contributed by atoms with Crippen molar-refractivity contribution >= 4 is 41.3 Å². The first-order chi connectivity index (χ1) is 12.7. The number of halogens is 1. The third-order valence-electron chi connectivity index (χ3n) is 3.76. The molecule has 0 saturated carbocycles. The van der Waals surface area contributed by atoms with Crippen LogP contribution in [0.1, 0.15) is 28.8 Å². The molecule has 8 heteroatoms. The summed E-state index contributed by atoms with van der Waals surface area (Å²) in [4.78, 5) is 9.82. The topological polar surface area (TPSA) is 67.8 Å². The molecule has 0 bridgehead atoms. The third kappa shape index (κ3) is 7.92. The molecule has 6 nitrogen and oxygen atoms in total. The molecule has 1 aromatic heterocycles. The Morgan fingerprint density at radius 2 is 2.07 bits per heavy atom. The van der Waals surface area contributed by atoms with Gasteiger partial charge in [0.15, 0.2) is 17.5 Å². The number of rotatable bonds is 9. The van der Waals surface area contributed by atoms with E-state index in [1.54, 1.807) is 25.5 Å². The number of ether oxygens (including phenoxy) is 2. The number of aliphatic imine (C=N–C) groups is 1. The molecule has 0 aliphatic rings. The fourth-order valence-corrected chi connectivity index (χ4v) is 3.23. The summed E-state index contributed by atoms with van der Waals surface area (Å²) < 4.78 is 11.0. The summed E-state index contributed by atoms with van der Waals surface area (Å²) in [6, 6.07) is 6.10. The van der Waals surface area contributed by atoms with Gasteiger partial charge < -0.3 is 20.1 Å². The van der Waals surface area contributed by atoms with Crippen LogP contribution in [0, 0.1) is 6.92 Å². The summed E-state index contributed by atoms with van der Waals surface area (Å²) in [5.74, 6) is 2.37. The largest absolute Gasteiger partial charge is 0.493 e. The fourth-order valence-electron chi connectivity index (χ4n) is 2.51. The van der Waals surface area contributed by atoms with E-state index in [9.17, 15) is 0 Å². The van der Waals surface area contributed by atoms with Gasteiger partial charge in [0.1, 0.15) is 5.01 Å². The number of nitrogens with zero attached hydrogens (tertiary/aromatic N) is 2. The first-order valence-corrected chi connectivity index (χ1v) is 9.63. The number of guanidine groups is 1. The van der Waals surface area contributed by atoms with Crippen LogP contribution in [0.4, 0.5) is 0 Å². The van der Waals surface area contributed by atoms with Gasteiger partial charge in [0.25, 0.3) is 0 Å². The van der Waals surface area contributed by atoms with Gasteiger partial charge in [0, 0.05) is 24.7 Å². The van der Waals surface area contributed by atoms with Crippen molar-refractivity contribution in [2.45, 2.75) is 33.2 Å². The van der Waals surface area contributed by atoms with E-state index in [-0.39, 0.29) is 24.0 Å². The van der Waals surface area contributed by atoms with Crippen molar-refractivity contribution in [3.8, 4) is 11.5 Å². The molecule has 1 aromatic carbocycles. The molecule has 0 aliphatic carbocycles. The smallest absolute Gasteiger partial charge is 0.191 e. The maximum Gasteiger partial charge on any atom is 0.191 e. The van der Waals surface area contributed by atoms with Crippen LogP contribution in [0.5, 0.6) is 11.5 Å². The first-order valence-electron chi connectivity index (χ1n) is 8.81. The van der Waals surface area contributed by atoms with Crippen molar-refractivity contribution in [1.29, 1.82) is 0 Å². The van der Waals surface area contributed by atoms with E-state index in [1.165, 1.54) is 10.4 Å². The Morgan fingerprint density at radius 3 is 2.70 bits per heavy atom. The highest BCUT2D eigenvalue weighted by atomic mass is 127. The summed E-state index contributed by atoms with van der Waals surface area (Å²) in [5, 5.41) is 7.69. The second-order valence-electron chi connectivity index (χ2n) is 5.74. The number of methoxy groups -OCH3 is 1. The molecular formula is C19H29IN4O2S. The van der Waals surface area contributed by atoms with Crippen molar-refractivity contribution < 1.29 is 9.47 Å². The Kier molecular flexibility index (Phi) is 11.1. The van der Waals surface area contributed by atoms with Crippen molar-refractivity contribution in [2.75, 3.05) is 27.3 Å². The summed E-state index contributed by atoms with van der Waals surface area (Å²) >= 11 is 1.70. The third-order valence-corrected chi connectivity index (χ3v) is 4.68. The monoisotopic (exact) mass is 504 g/mol. The molecule has 27 heavy (non-hydrogen) atoms. The summed E-state index contributed by atoms with van der Waals surface area (Å²) in [5.41, 5.74) is 1.23. The SMILES string of the molecule is CCOc1cc(CCCNC(=NC)NCc2ncc(C)s2)ccc1OC.I. The lowest BCUT2D eigenvalue weighted by Crippen LogP contribution is -2.37. The molecule has 0 aliphatic heterocycles. The Bertz CT molecular complexity index is 721. The highest BCUT2D eigenvalue weighted by molar-refractivity contribution is 14.0. The molecule has 2 rings (SSSR count). The van der Waals surface area contributed by atoms with Crippen molar-refractivity contribution in [1.82, 2.24) is 15.6 Å². The second-order valence-corrected chi connectivity index (χ2v) is 7.06. The Balaban J connectivity index is 0.00000364. The van der Waals surface area contributed by atoms with E-state index >= 15 is 0 Å². The van der Waals surface area contributed by atoms with Crippen LogP contribution in [-0.4, -0.2) is 38.3 Å². The lowest BCUT2D eigenvalue weighted by Gasteiger charge is -2.12. The average Bonchev–Trinajstić information content (AvgIpc) is 3.07. The molecule has 0 radical (unpaired) electrons. The summed E-state index contributed by atoms with van der Waals surface area (Å²) in [6.07, 6.45) is 3.85. The van der Waals surface area contributed by atoms with Gasteiger partial charge in [0.05, 0.1) is 20.3 Å². The lowest BCUT2D eigenvalue weighted by molar-refractivity contribution is 0.310. The van der Waals surface area contributed by atoms with Crippen LogP contribution < -0.4 is 20.1 Å². The van der Waals surface area contributed by atoms with E-state index in [4.69, 9.17) is 9.47 Å². The van der Waals surface area contributed by atoms with Gasteiger partial charge in [-0.2, -0.15) is 0 Å². The van der Waals surface area contributed by atoms with E-state index < -0.39 is 0 Å². The number of aromatic nitrogens is 1. The zero-order valence-electron chi connectivity index (χ0n) is 16.4. The standard InChI is InChI=1S/C19H28N4O2S.HI/c1-5-25-17-11-15(8-9-16(17)24-4)7-6-10-21-19(20-3)23-13-18-22-12-14(2)26-18;/h8-9,11-12H,5-7,10,13H2,1-4H3,(H2,20,21,23);1H. The Morgan fingerprint density at radius 1 is 1.26 bits per heavy atom. The van der Waals surface area contributed by atoms with Gasteiger partial charge in [-0.15, -0.1) is 35.3 Å². The van der Waals surface area contributed by atoms with E-state index in [1.807, 2.05) is 19.2 Å². The van der Waals surface area contributed by atoms with Crippen LogP contribution in [-0.2, 0) is 13.0 Å². The minimum atomic E-state index is 0. The molecule has 150 valence electrons. The van der Waals surface area contributed by atoms with Gasteiger partial charge >= 0.3 is 0 Å². The Hall–Kier alpha value is -1.55. The van der Waals surface area contributed by atoms with Crippen molar-refractivity contribution in [2.24, 2.45) is 4.99 Å². The van der Waals surface area contributed by atoms with E-state index in [2.05, 4.69) is 39.7 Å². The number of thiazole rings is 1. The zero-order valence-corrected chi connectivity index (χ0v) is 19.5. The highest BCUT2D eigenvalue weighted by Crippen LogP contribution is 2.28. The maximum atomic E-state index is 5.63. The number of benzene rings is 1. The molecule has 0 amide bonds. The maximum absolute atomic E-state index is 5.63. The van der Waals surface area contributed by atoms with Gasteiger partial charge in [-0.1, -0.05) is 6.07 Å². The lowest BCUT2D eigenvalue weighted by atomic mass is 10.1. The van der Waals surface area contributed by atoms with Crippen LogP contribution >= 0.6 is 35.3 Å². The van der Waals surface area contributed by atoms with E-state index in [0.29, 0.717) is 13.2 Å². The summed E-state index contributed by atoms with van der Waals surface area (Å²) in [6.45, 7) is 6.19. The number of hydrogen-bond donors (Lipinski definition) is 2. The number of nitrogens with one attached hydrogen (secondary N) is 2. The second kappa shape index (κ2) is 12.8. The van der Waals surface area contributed by atoms with Crippen molar-refractivity contribution in [3.63, 3.8) is 0 Å². The molecule has 2 aromatic rings. The predicted molar refractivity (Wildman–Crippen MR) is 123 cm³/mol. The average molecular weight is 504 g/mol. The van der Waals surface area contributed by atoms with E-state index in [0.717, 1.165) is 41.9 Å². The van der Waals surface area contributed by atoms with Gasteiger partial charge in [-0.05, 0) is 44.4 Å². The van der Waals surface area contributed by atoms with Crippen LogP contribution in [0.25, 0.3) is 0 Å².